The van der Waals surface area contributed by atoms with Crippen molar-refractivity contribution in [3.8, 4) is 0 Å². The van der Waals surface area contributed by atoms with Crippen molar-refractivity contribution in [1.29, 1.82) is 0 Å². The Kier molecular flexibility index (Phi) is 4.64. The van der Waals surface area contributed by atoms with Crippen LogP contribution in [-0.4, -0.2) is 19.6 Å². The van der Waals surface area contributed by atoms with E-state index in [9.17, 15) is 4.79 Å². The SMILES string of the molecule is O=[C]NCCOCc1ccccc1. The zero-order valence-electron chi connectivity index (χ0n) is 7.32. The molecule has 1 radical (unpaired) electrons. The molecule has 3 nitrogen and oxygen atoms in total. The van der Waals surface area contributed by atoms with E-state index in [1.54, 1.807) is 6.41 Å². The van der Waals surface area contributed by atoms with Gasteiger partial charge in [0.05, 0.1) is 13.2 Å². The molecule has 1 rings (SSSR count). The van der Waals surface area contributed by atoms with Gasteiger partial charge in [-0.25, -0.2) is 0 Å². The van der Waals surface area contributed by atoms with Crippen LogP contribution in [0.1, 0.15) is 5.56 Å². The highest BCUT2D eigenvalue weighted by atomic mass is 16.5. The first-order chi connectivity index (χ1) is 6.43. The molecule has 69 valence electrons. The molecule has 1 amide bonds. The van der Waals surface area contributed by atoms with Gasteiger partial charge in [0.1, 0.15) is 0 Å². The van der Waals surface area contributed by atoms with Crippen molar-refractivity contribution < 1.29 is 9.53 Å². The Morgan fingerprint density at radius 2 is 2.08 bits per heavy atom. The van der Waals surface area contributed by atoms with Crippen molar-refractivity contribution in [1.82, 2.24) is 5.32 Å². The van der Waals surface area contributed by atoms with Crippen molar-refractivity contribution >= 4 is 6.41 Å². The molecule has 1 aromatic rings. The van der Waals surface area contributed by atoms with Gasteiger partial charge in [-0.2, -0.15) is 0 Å². The minimum atomic E-state index is 0.510. The normalized spacial score (nSPS) is 9.54. The van der Waals surface area contributed by atoms with E-state index < -0.39 is 0 Å². The lowest BCUT2D eigenvalue weighted by Crippen LogP contribution is -2.17. The molecule has 3 heteroatoms. The summed E-state index contributed by atoms with van der Waals surface area (Å²) in [5, 5.41) is 2.40. The fourth-order valence-electron chi connectivity index (χ4n) is 0.938. The summed E-state index contributed by atoms with van der Waals surface area (Å²) < 4.78 is 5.28. The first-order valence-electron chi connectivity index (χ1n) is 4.15. The van der Waals surface area contributed by atoms with Crippen molar-refractivity contribution in [2.45, 2.75) is 6.61 Å². The number of benzene rings is 1. The summed E-state index contributed by atoms with van der Waals surface area (Å²) in [7, 11) is 0. The molecule has 0 aromatic heterocycles. The predicted molar refractivity (Wildman–Crippen MR) is 49.8 cm³/mol. The third-order valence-electron chi connectivity index (χ3n) is 1.56. The van der Waals surface area contributed by atoms with Gasteiger partial charge >= 0.3 is 6.41 Å². The maximum absolute atomic E-state index is 9.75. The zero-order valence-corrected chi connectivity index (χ0v) is 7.32. The minimum Gasteiger partial charge on any atom is -0.375 e. The average Bonchev–Trinajstić information content (AvgIpc) is 2.19. The molecule has 0 bridgehead atoms. The fraction of sp³-hybridized carbons (Fsp3) is 0.300. The molecule has 0 aliphatic heterocycles. The highest BCUT2D eigenvalue weighted by Gasteiger charge is 1.90. The standard InChI is InChI=1S/C10H12NO2/c12-9-11-6-7-13-8-10-4-2-1-3-5-10/h1-5H,6-8H2,(H,11,12). The number of rotatable bonds is 6. The second-order valence-electron chi connectivity index (χ2n) is 2.57. The Morgan fingerprint density at radius 1 is 1.31 bits per heavy atom. The van der Waals surface area contributed by atoms with E-state index in [0.29, 0.717) is 19.8 Å². The van der Waals surface area contributed by atoms with Crippen LogP contribution in [0.2, 0.25) is 0 Å². The van der Waals surface area contributed by atoms with Gasteiger partial charge in [0.2, 0.25) is 0 Å². The zero-order chi connectivity index (χ0) is 9.36. The van der Waals surface area contributed by atoms with Crippen molar-refractivity contribution in [3.05, 3.63) is 35.9 Å². The Hall–Kier alpha value is -1.35. The Labute approximate surface area is 77.7 Å². The Balaban J connectivity index is 2.10. The number of amides is 1. The maximum Gasteiger partial charge on any atom is 0.309 e. The molecule has 0 unspecified atom stereocenters. The molecule has 0 saturated heterocycles. The third-order valence-corrected chi connectivity index (χ3v) is 1.56. The molecule has 0 atom stereocenters. The van der Waals surface area contributed by atoms with Gasteiger partial charge in [0.25, 0.3) is 0 Å². The van der Waals surface area contributed by atoms with E-state index in [0.717, 1.165) is 5.56 Å². The summed E-state index contributed by atoms with van der Waals surface area (Å²) in [6, 6.07) is 9.90. The molecule has 0 fully saturated rings. The maximum atomic E-state index is 9.75. The van der Waals surface area contributed by atoms with Crippen molar-refractivity contribution in [2.24, 2.45) is 0 Å². The van der Waals surface area contributed by atoms with Crippen LogP contribution < -0.4 is 5.32 Å². The first-order valence-corrected chi connectivity index (χ1v) is 4.15. The lowest BCUT2D eigenvalue weighted by Gasteiger charge is -2.02. The molecule has 1 N–H and O–H groups in total. The number of hydrogen-bond donors (Lipinski definition) is 1. The largest absolute Gasteiger partial charge is 0.375 e. The summed E-state index contributed by atoms with van der Waals surface area (Å²) in [5.41, 5.74) is 1.14. The van der Waals surface area contributed by atoms with Crippen LogP contribution in [-0.2, 0) is 16.1 Å². The van der Waals surface area contributed by atoms with Crippen LogP contribution in [0.3, 0.4) is 0 Å². The minimum absolute atomic E-state index is 0.510. The Bertz CT molecular complexity index is 236. The molecule has 1 aromatic carbocycles. The summed E-state index contributed by atoms with van der Waals surface area (Å²) in [6.07, 6.45) is 1.59. The number of ether oxygens (including phenoxy) is 1. The quantitative estimate of drug-likeness (QED) is 0.518. The number of carbonyl (C=O) groups excluding carboxylic acids is 1. The van der Waals surface area contributed by atoms with Crippen molar-refractivity contribution in [3.63, 3.8) is 0 Å². The number of hydrogen-bond acceptors (Lipinski definition) is 2. The molecule has 0 aliphatic rings. The second kappa shape index (κ2) is 6.20. The van der Waals surface area contributed by atoms with Crippen LogP contribution in [0.5, 0.6) is 0 Å². The van der Waals surface area contributed by atoms with Crippen LogP contribution in [0.4, 0.5) is 0 Å². The molecule has 0 aliphatic carbocycles. The van der Waals surface area contributed by atoms with E-state index in [2.05, 4.69) is 5.32 Å². The lowest BCUT2D eigenvalue weighted by atomic mass is 10.2. The highest BCUT2D eigenvalue weighted by molar-refractivity contribution is 5.46. The van der Waals surface area contributed by atoms with Crippen LogP contribution in [0.15, 0.2) is 30.3 Å². The van der Waals surface area contributed by atoms with Gasteiger partial charge in [0.15, 0.2) is 0 Å². The molecular formula is C10H12NO2. The monoisotopic (exact) mass is 178 g/mol. The molecular weight excluding hydrogens is 166 g/mol. The first kappa shape index (κ1) is 9.74. The van der Waals surface area contributed by atoms with Gasteiger partial charge in [0, 0.05) is 6.54 Å². The van der Waals surface area contributed by atoms with Gasteiger partial charge < -0.3 is 10.1 Å². The van der Waals surface area contributed by atoms with Gasteiger partial charge in [-0.1, -0.05) is 30.3 Å². The number of nitrogens with one attached hydrogen (secondary N) is 1. The molecule has 0 saturated carbocycles. The van der Waals surface area contributed by atoms with Gasteiger partial charge in [-0.05, 0) is 5.56 Å². The summed E-state index contributed by atoms with van der Waals surface area (Å²) in [6.45, 7) is 1.61. The Morgan fingerprint density at radius 3 is 2.77 bits per heavy atom. The third kappa shape index (κ3) is 4.28. The summed E-state index contributed by atoms with van der Waals surface area (Å²) in [4.78, 5) is 9.75. The van der Waals surface area contributed by atoms with E-state index in [-0.39, 0.29) is 0 Å². The lowest BCUT2D eigenvalue weighted by molar-refractivity contribution is 0.125. The highest BCUT2D eigenvalue weighted by Crippen LogP contribution is 1.99. The average molecular weight is 178 g/mol. The fourth-order valence-corrected chi connectivity index (χ4v) is 0.938. The topological polar surface area (TPSA) is 38.3 Å². The summed E-state index contributed by atoms with van der Waals surface area (Å²) >= 11 is 0. The van der Waals surface area contributed by atoms with Gasteiger partial charge in [-0.15, -0.1) is 0 Å². The van der Waals surface area contributed by atoms with Gasteiger partial charge in [-0.3, -0.25) is 4.79 Å². The van der Waals surface area contributed by atoms with E-state index in [1.807, 2.05) is 30.3 Å². The predicted octanol–water partition coefficient (Wildman–Crippen LogP) is 0.860. The summed E-state index contributed by atoms with van der Waals surface area (Å²) in [5.74, 6) is 0. The van der Waals surface area contributed by atoms with E-state index in [4.69, 9.17) is 4.74 Å². The molecule has 0 spiro atoms. The van der Waals surface area contributed by atoms with Crippen LogP contribution in [0, 0.1) is 0 Å². The van der Waals surface area contributed by atoms with Crippen LogP contribution in [0.25, 0.3) is 0 Å². The van der Waals surface area contributed by atoms with Crippen molar-refractivity contribution in [2.75, 3.05) is 13.2 Å². The van der Waals surface area contributed by atoms with Crippen LogP contribution >= 0.6 is 0 Å². The van der Waals surface area contributed by atoms with E-state index in [1.165, 1.54) is 0 Å². The van der Waals surface area contributed by atoms with E-state index >= 15 is 0 Å². The second-order valence-corrected chi connectivity index (χ2v) is 2.57. The smallest absolute Gasteiger partial charge is 0.309 e. The molecule has 0 heterocycles. The molecule has 13 heavy (non-hydrogen) atoms.